The summed E-state index contributed by atoms with van der Waals surface area (Å²) >= 11 is 0. The van der Waals surface area contributed by atoms with Crippen molar-refractivity contribution in [2.24, 2.45) is 5.41 Å². The van der Waals surface area contributed by atoms with Crippen molar-refractivity contribution in [2.75, 3.05) is 14.2 Å². The summed E-state index contributed by atoms with van der Waals surface area (Å²) in [5.74, 6) is -1.33. The molecule has 2 aliphatic rings. The van der Waals surface area contributed by atoms with Gasteiger partial charge in [-0.25, -0.2) is 4.79 Å². The summed E-state index contributed by atoms with van der Waals surface area (Å²) in [5, 5.41) is 15.3. The number of esters is 1. The fourth-order valence-electron chi connectivity index (χ4n) is 4.57. The Bertz CT molecular complexity index is 1080. The molecule has 33 heavy (non-hydrogen) atoms. The summed E-state index contributed by atoms with van der Waals surface area (Å²) in [5.41, 5.74) is 1.31. The number of benzene rings is 1. The second-order valence-corrected chi connectivity index (χ2v) is 9.41. The zero-order valence-corrected chi connectivity index (χ0v) is 20.0. The van der Waals surface area contributed by atoms with Crippen LogP contribution in [0.3, 0.4) is 0 Å². The first-order chi connectivity index (χ1) is 15.4. The lowest BCUT2D eigenvalue weighted by Crippen LogP contribution is -2.39. The van der Waals surface area contributed by atoms with Crippen LogP contribution in [0.4, 0.5) is 5.69 Å². The molecule has 0 radical (unpaired) electrons. The van der Waals surface area contributed by atoms with Crippen molar-refractivity contribution in [3.05, 3.63) is 50.4 Å². The van der Waals surface area contributed by atoms with E-state index in [1.54, 1.807) is 20.8 Å². The van der Waals surface area contributed by atoms with Crippen LogP contribution in [-0.4, -0.2) is 37.0 Å². The number of nitrogens with one attached hydrogen (secondary N) is 1. The van der Waals surface area contributed by atoms with Gasteiger partial charge in [0.2, 0.25) is 0 Å². The van der Waals surface area contributed by atoms with Crippen LogP contribution in [0.25, 0.3) is 0 Å². The highest BCUT2D eigenvalue weighted by atomic mass is 16.6. The molecule has 0 fully saturated rings. The lowest BCUT2D eigenvalue weighted by molar-refractivity contribution is -0.385. The van der Waals surface area contributed by atoms with Gasteiger partial charge in [0.15, 0.2) is 17.3 Å². The van der Waals surface area contributed by atoms with Gasteiger partial charge in [-0.15, -0.1) is 0 Å². The Morgan fingerprint density at radius 3 is 2.33 bits per heavy atom. The molecule has 9 heteroatoms. The van der Waals surface area contributed by atoms with Crippen molar-refractivity contribution in [1.82, 2.24) is 5.32 Å². The highest BCUT2D eigenvalue weighted by molar-refractivity contribution is 6.04. The fourth-order valence-corrected chi connectivity index (χ4v) is 4.57. The van der Waals surface area contributed by atoms with Crippen molar-refractivity contribution < 1.29 is 28.7 Å². The summed E-state index contributed by atoms with van der Waals surface area (Å²) < 4.78 is 16.1. The molecule has 1 aromatic carbocycles. The van der Waals surface area contributed by atoms with E-state index in [1.165, 1.54) is 26.4 Å². The smallest absolute Gasteiger partial charge is 0.337 e. The number of dihydropyridines is 1. The van der Waals surface area contributed by atoms with Gasteiger partial charge in [0.1, 0.15) is 0 Å². The van der Waals surface area contributed by atoms with Gasteiger partial charge >= 0.3 is 5.97 Å². The molecule has 1 aliphatic carbocycles. The number of nitrogens with zero attached hydrogens (tertiary/aromatic N) is 1. The van der Waals surface area contributed by atoms with E-state index in [1.807, 2.05) is 13.8 Å². The number of carbonyl (C=O) groups excluding carboxylic acids is 2. The normalized spacial score (nSPS) is 19.8. The van der Waals surface area contributed by atoms with Gasteiger partial charge in [0.25, 0.3) is 5.69 Å². The summed E-state index contributed by atoms with van der Waals surface area (Å²) in [6.45, 7) is 9.14. The van der Waals surface area contributed by atoms with E-state index in [0.29, 0.717) is 23.4 Å². The topological polar surface area (TPSA) is 117 Å². The lowest BCUT2D eigenvalue weighted by Gasteiger charge is -2.39. The van der Waals surface area contributed by atoms with Gasteiger partial charge in [-0.1, -0.05) is 13.8 Å². The quantitative estimate of drug-likeness (QED) is 0.383. The zero-order valence-electron chi connectivity index (χ0n) is 20.0. The number of allylic oxidation sites excluding steroid dienone is 3. The van der Waals surface area contributed by atoms with E-state index in [-0.39, 0.29) is 45.9 Å². The Hall–Kier alpha value is -3.36. The summed E-state index contributed by atoms with van der Waals surface area (Å²) in [4.78, 5) is 38.1. The minimum atomic E-state index is -0.976. The molecule has 0 aromatic heterocycles. The molecule has 0 spiro atoms. The van der Waals surface area contributed by atoms with Crippen LogP contribution < -0.4 is 14.8 Å². The third-order valence-corrected chi connectivity index (χ3v) is 5.84. The first kappa shape index (κ1) is 24.3. The number of hydrogen-bond donors (Lipinski definition) is 1. The molecular weight excluding hydrogens is 428 g/mol. The summed E-state index contributed by atoms with van der Waals surface area (Å²) in [7, 11) is 2.80. The van der Waals surface area contributed by atoms with Crippen molar-refractivity contribution in [3.63, 3.8) is 0 Å². The summed E-state index contributed by atoms with van der Waals surface area (Å²) in [6.07, 6.45) is 0.418. The molecule has 0 amide bonds. The maximum absolute atomic E-state index is 13.4. The lowest BCUT2D eigenvalue weighted by atomic mass is 9.68. The van der Waals surface area contributed by atoms with Crippen molar-refractivity contribution in [2.45, 2.75) is 59.5 Å². The Balaban J connectivity index is 2.34. The molecule has 3 rings (SSSR count). The highest BCUT2D eigenvalue weighted by Gasteiger charge is 2.45. The van der Waals surface area contributed by atoms with Gasteiger partial charge in [0.05, 0.1) is 42.8 Å². The van der Waals surface area contributed by atoms with Crippen LogP contribution in [0.1, 0.15) is 58.9 Å². The number of ether oxygens (including phenoxy) is 3. The maximum atomic E-state index is 13.4. The van der Waals surface area contributed by atoms with Gasteiger partial charge in [-0.3, -0.25) is 14.9 Å². The first-order valence-electron chi connectivity index (χ1n) is 10.8. The maximum Gasteiger partial charge on any atom is 0.337 e. The van der Waals surface area contributed by atoms with Gasteiger partial charge < -0.3 is 19.5 Å². The highest BCUT2D eigenvalue weighted by Crippen LogP contribution is 2.50. The van der Waals surface area contributed by atoms with Gasteiger partial charge in [-0.2, -0.15) is 0 Å². The van der Waals surface area contributed by atoms with E-state index in [2.05, 4.69) is 5.32 Å². The Morgan fingerprint density at radius 2 is 1.79 bits per heavy atom. The number of nitro benzene ring substituents is 1. The van der Waals surface area contributed by atoms with E-state index >= 15 is 0 Å². The minimum absolute atomic E-state index is 0.162. The Morgan fingerprint density at radius 1 is 1.18 bits per heavy atom. The van der Waals surface area contributed by atoms with E-state index in [9.17, 15) is 19.7 Å². The molecule has 1 heterocycles. The van der Waals surface area contributed by atoms with Crippen LogP contribution in [0.2, 0.25) is 0 Å². The fraction of sp³-hybridized carbons (Fsp3) is 0.500. The SMILES string of the molecule is COc1cc([C@H]2C(C(=O)OC(C)C)=C(C)NC3=C2C(=O)CC(C)(C)C3)c([N+](=O)[O-])cc1OC. The third-order valence-electron chi connectivity index (χ3n) is 5.84. The minimum Gasteiger partial charge on any atom is -0.493 e. The Kier molecular flexibility index (Phi) is 6.53. The van der Waals surface area contributed by atoms with Gasteiger partial charge in [-0.05, 0) is 38.7 Å². The molecule has 0 bridgehead atoms. The molecule has 1 aromatic rings. The van der Waals surface area contributed by atoms with Crippen molar-refractivity contribution in [1.29, 1.82) is 0 Å². The second kappa shape index (κ2) is 8.88. The third kappa shape index (κ3) is 4.58. The number of hydrogen-bond acceptors (Lipinski definition) is 8. The number of ketones is 1. The average molecular weight is 459 g/mol. The van der Waals surface area contributed by atoms with Crippen LogP contribution in [0, 0.1) is 15.5 Å². The molecule has 0 saturated carbocycles. The molecule has 178 valence electrons. The van der Waals surface area contributed by atoms with Crippen LogP contribution >= 0.6 is 0 Å². The molecule has 1 atom stereocenters. The molecular formula is C24H30N2O7. The summed E-state index contributed by atoms with van der Waals surface area (Å²) in [6, 6.07) is 2.73. The van der Waals surface area contributed by atoms with Crippen LogP contribution in [0.15, 0.2) is 34.7 Å². The molecule has 1 N–H and O–H groups in total. The van der Waals surface area contributed by atoms with Crippen LogP contribution in [-0.2, 0) is 14.3 Å². The monoisotopic (exact) mass is 458 g/mol. The first-order valence-corrected chi connectivity index (χ1v) is 10.8. The molecule has 9 nitrogen and oxygen atoms in total. The number of carbonyl (C=O) groups is 2. The van der Waals surface area contributed by atoms with Gasteiger partial charge in [0, 0.05) is 29.0 Å². The van der Waals surface area contributed by atoms with E-state index in [0.717, 1.165) is 0 Å². The van der Waals surface area contributed by atoms with E-state index < -0.39 is 22.9 Å². The second-order valence-electron chi connectivity index (χ2n) is 9.41. The largest absolute Gasteiger partial charge is 0.493 e. The van der Waals surface area contributed by atoms with E-state index in [4.69, 9.17) is 14.2 Å². The molecule has 0 saturated heterocycles. The molecule has 0 unspecified atom stereocenters. The predicted molar refractivity (Wildman–Crippen MR) is 121 cm³/mol. The zero-order chi connectivity index (χ0) is 24.7. The van der Waals surface area contributed by atoms with Crippen molar-refractivity contribution in [3.8, 4) is 11.5 Å². The number of Topliss-reactive ketones (excluding diaryl/α,β-unsaturated/α-hetero) is 1. The average Bonchev–Trinajstić information content (AvgIpc) is 2.69. The predicted octanol–water partition coefficient (Wildman–Crippen LogP) is 4.17. The van der Waals surface area contributed by atoms with Crippen molar-refractivity contribution >= 4 is 17.4 Å². The van der Waals surface area contributed by atoms with Crippen LogP contribution in [0.5, 0.6) is 11.5 Å². The number of rotatable bonds is 6. The molecule has 1 aliphatic heterocycles. The number of nitro groups is 1. The standard InChI is InChI=1S/C24H30N2O7/c1-12(2)33-23(28)20-13(3)25-15-10-24(4,5)11-17(27)22(15)21(20)14-8-18(31-6)19(32-7)9-16(14)26(29)30/h8-9,12,21,25H,10-11H2,1-7H3/t21-/m0/s1. The number of methoxy groups -OCH3 is 2. The Labute approximate surface area is 192 Å².